The van der Waals surface area contributed by atoms with Crippen molar-refractivity contribution in [1.29, 1.82) is 0 Å². The third-order valence-corrected chi connectivity index (χ3v) is 4.82. The molecule has 1 rings (SSSR count). The molecule has 1 aromatic carbocycles. The first-order valence-corrected chi connectivity index (χ1v) is 7.43. The van der Waals surface area contributed by atoms with Gasteiger partial charge in [-0.2, -0.15) is 0 Å². The SMILES string of the molecule is CCC(C)(CCO)NS(=O)(=O)c1cccc(F)c1N. The maximum absolute atomic E-state index is 13.3. The van der Waals surface area contributed by atoms with Crippen molar-refractivity contribution >= 4 is 15.7 Å². The lowest BCUT2D eigenvalue weighted by Gasteiger charge is -2.28. The number of hydrogen-bond donors (Lipinski definition) is 3. The molecule has 1 aromatic rings. The first-order chi connectivity index (χ1) is 8.75. The first kappa shape index (κ1) is 15.9. The molecule has 5 nitrogen and oxygen atoms in total. The van der Waals surface area contributed by atoms with E-state index in [0.717, 1.165) is 6.07 Å². The lowest BCUT2D eigenvalue weighted by atomic mass is 9.97. The summed E-state index contributed by atoms with van der Waals surface area (Å²) in [6, 6.07) is 3.63. The highest BCUT2D eigenvalue weighted by Crippen LogP contribution is 2.24. The van der Waals surface area contributed by atoms with Gasteiger partial charge in [0.25, 0.3) is 0 Å². The van der Waals surface area contributed by atoms with E-state index < -0.39 is 27.1 Å². The van der Waals surface area contributed by atoms with E-state index in [2.05, 4.69) is 4.72 Å². The minimum atomic E-state index is -3.93. The summed E-state index contributed by atoms with van der Waals surface area (Å²) in [5.41, 5.74) is 4.26. The minimum Gasteiger partial charge on any atom is -0.396 e. The summed E-state index contributed by atoms with van der Waals surface area (Å²) in [7, 11) is -3.93. The van der Waals surface area contributed by atoms with Gasteiger partial charge in [0.05, 0.1) is 5.69 Å². The molecule has 0 aliphatic carbocycles. The standard InChI is InChI=1S/C12H19FN2O3S/c1-3-12(2,7-8-16)15-19(17,18)10-6-4-5-9(13)11(10)14/h4-6,15-16H,3,7-8,14H2,1-2H3. The van der Waals surface area contributed by atoms with E-state index >= 15 is 0 Å². The van der Waals surface area contributed by atoms with Gasteiger partial charge >= 0.3 is 0 Å². The molecule has 19 heavy (non-hydrogen) atoms. The number of aliphatic hydroxyl groups excluding tert-OH is 1. The third kappa shape index (κ3) is 3.65. The van der Waals surface area contributed by atoms with Crippen molar-refractivity contribution in [2.75, 3.05) is 12.3 Å². The summed E-state index contributed by atoms with van der Waals surface area (Å²) in [6.07, 6.45) is 0.750. The van der Waals surface area contributed by atoms with E-state index in [1.165, 1.54) is 12.1 Å². The second-order valence-corrected chi connectivity index (χ2v) is 6.30. The van der Waals surface area contributed by atoms with Crippen molar-refractivity contribution in [3.63, 3.8) is 0 Å². The zero-order valence-electron chi connectivity index (χ0n) is 11.0. The smallest absolute Gasteiger partial charge is 0.243 e. The van der Waals surface area contributed by atoms with E-state index in [4.69, 9.17) is 10.8 Å². The van der Waals surface area contributed by atoms with Gasteiger partial charge in [0.15, 0.2) is 0 Å². The van der Waals surface area contributed by atoms with Crippen LogP contribution >= 0.6 is 0 Å². The third-order valence-electron chi connectivity index (χ3n) is 3.13. The zero-order chi connectivity index (χ0) is 14.7. The van der Waals surface area contributed by atoms with Crippen LogP contribution in [0.4, 0.5) is 10.1 Å². The van der Waals surface area contributed by atoms with Crippen LogP contribution in [-0.4, -0.2) is 25.7 Å². The van der Waals surface area contributed by atoms with Crippen molar-refractivity contribution in [3.05, 3.63) is 24.0 Å². The lowest BCUT2D eigenvalue weighted by molar-refractivity contribution is 0.233. The Morgan fingerprint density at radius 3 is 2.63 bits per heavy atom. The largest absolute Gasteiger partial charge is 0.396 e. The Labute approximate surface area is 112 Å². The van der Waals surface area contributed by atoms with Crippen molar-refractivity contribution in [3.8, 4) is 0 Å². The molecule has 0 heterocycles. The van der Waals surface area contributed by atoms with E-state index in [1.54, 1.807) is 13.8 Å². The van der Waals surface area contributed by atoms with Crippen LogP contribution in [0.15, 0.2) is 23.1 Å². The summed E-state index contributed by atoms with van der Waals surface area (Å²) in [5.74, 6) is -0.775. The van der Waals surface area contributed by atoms with Crippen LogP contribution in [-0.2, 0) is 10.0 Å². The van der Waals surface area contributed by atoms with Crippen molar-refractivity contribution in [1.82, 2.24) is 4.72 Å². The quantitative estimate of drug-likeness (QED) is 0.687. The second kappa shape index (κ2) is 5.85. The molecule has 0 saturated heterocycles. The predicted octanol–water partition coefficient (Wildman–Crippen LogP) is 1.24. The number of hydrogen-bond acceptors (Lipinski definition) is 4. The highest BCUT2D eigenvalue weighted by molar-refractivity contribution is 7.89. The molecule has 0 radical (unpaired) electrons. The molecule has 4 N–H and O–H groups in total. The zero-order valence-corrected chi connectivity index (χ0v) is 11.8. The van der Waals surface area contributed by atoms with Crippen molar-refractivity contribution in [2.24, 2.45) is 0 Å². The maximum atomic E-state index is 13.3. The Morgan fingerprint density at radius 1 is 1.47 bits per heavy atom. The fraction of sp³-hybridized carbons (Fsp3) is 0.500. The van der Waals surface area contributed by atoms with E-state index in [0.29, 0.717) is 6.42 Å². The van der Waals surface area contributed by atoms with Gasteiger partial charge in [-0.1, -0.05) is 13.0 Å². The molecule has 0 saturated carbocycles. The van der Waals surface area contributed by atoms with Gasteiger partial charge < -0.3 is 10.8 Å². The van der Waals surface area contributed by atoms with Gasteiger partial charge in [-0.25, -0.2) is 17.5 Å². The van der Waals surface area contributed by atoms with Crippen LogP contribution in [0, 0.1) is 5.82 Å². The van der Waals surface area contributed by atoms with Crippen molar-refractivity contribution < 1.29 is 17.9 Å². The topological polar surface area (TPSA) is 92.4 Å². The molecule has 1 unspecified atom stereocenters. The molecule has 0 fully saturated rings. The average molecular weight is 290 g/mol. The Kier molecular flexibility index (Phi) is 4.89. The van der Waals surface area contributed by atoms with Crippen LogP contribution in [0.1, 0.15) is 26.7 Å². The number of para-hydroxylation sites is 1. The van der Waals surface area contributed by atoms with Gasteiger partial charge in [-0.15, -0.1) is 0 Å². The Morgan fingerprint density at radius 2 is 2.11 bits per heavy atom. The van der Waals surface area contributed by atoms with Crippen LogP contribution in [0.3, 0.4) is 0 Å². The monoisotopic (exact) mass is 290 g/mol. The highest BCUT2D eigenvalue weighted by Gasteiger charge is 2.30. The number of benzene rings is 1. The molecule has 0 amide bonds. The Hall–Kier alpha value is -1.18. The number of nitrogens with one attached hydrogen (secondary N) is 1. The normalized spacial score (nSPS) is 15.2. The highest BCUT2D eigenvalue weighted by atomic mass is 32.2. The number of nitrogens with two attached hydrogens (primary N) is 1. The van der Waals surface area contributed by atoms with Gasteiger partial charge in [-0.3, -0.25) is 0 Å². The number of anilines is 1. The average Bonchev–Trinajstić information content (AvgIpc) is 2.32. The number of nitrogen functional groups attached to an aromatic ring is 1. The van der Waals surface area contributed by atoms with Gasteiger partial charge in [0.2, 0.25) is 10.0 Å². The number of aliphatic hydroxyl groups is 1. The molecule has 0 aromatic heterocycles. The molecular weight excluding hydrogens is 271 g/mol. The van der Waals surface area contributed by atoms with Gasteiger partial charge in [0.1, 0.15) is 10.7 Å². The fourth-order valence-electron chi connectivity index (χ4n) is 1.68. The maximum Gasteiger partial charge on any atom is 0.243 e. The summed E-state index contributed by atoms with van der Waals surface area (Å²) in [6.45, 7) is 3.33. The molecule has 0 bridgehead atoms. The van der Waals surface area contributed by atoms with E-state index in [9.17, 15) is 12.8 Å². The van der Waals surface area contributed by atoms with Crippen LogP contribution in [0.2, 0.25) is 0 Å². The van der Waals surface area contributed by atoms with Gasteiger partial charge in [0, 0.05) is 12.1 Å². The molecular formula is C12H19FN2O3S. The van der Waals surface area contributed by atoms with E-state index in [1.807, 2.05) is 0 Å². The molecule has 0 aliphatic rings. The number of rotatable bonds is 6. The summed E-state index contributed by atoms with van der Waals surface area (Å²) >= 11 is 0. The minimum absolute atomic E-state index is 0.147. The first-order valence-electron chi connectivity index (χ1n) is 5.94. The van der Waals surface area contributed by atoms with Crippen LogP contribution in [0.5, 0.6) is 0 Å². The fourth-order valence-corrected chi connectivity index (χ4v) is 3.33. The van der Waals surface area contributed by atoms with Crippen LogP contribution < -0.4 is 10.5 Å². The molecule has 0 aliphatic heterocycles. The molecule has 0 spiro atoms. The predicted molar refractivity (Wildman–Crippen MR) is 71.5 cm³/mol. The summed E-state index contributed by atoms with van der Waals surface area (Å²) in [4.78, 5) is -0.287. The Bertz CT molecular complexity index is 548. The number of sulfonamides is 1. The molecule has 7 heteroatoms. The lowest BCUT2D eigenvalue weighted by Crippen LogP contribution is -2.46. The van der Waals surface area contributed by atoms with E-state index in [-0.39, 0.29) is 17.9 Å². The molecule has 1 atom stereocenters. The summed E-state index contributed by atoms with van der Waals surface area (Å²) < 4.78 is 40.2. The van der Waals surface area contributed by atoms with Crippen LogP contribution in [0.25, 0.3) is 0 Å². The second-order valence-electron chi connectivity index (χ2n) is 4.64. The summed E-state index contributed by atoms with van der Waals surface area (Å²) in [5, 5.41) is 8.98. The van der Waals surface area contributed by atoms with Crippen molar-refractivity contribution in [2.45, 2.75) is 37.1 Å². The number of halogens is 1. The van der Waals surface area contributed by atoms with Gasteiger partial charge in [-0.05, 0) is 31.9 Å². The molecule has 108 valence electrons. The Balaban J connectivity index is 3.15.